The van der Waals surface area contributed by atoms with Gasteiger partial charge < -0.3 is 19.8 Å². The molecule has 4 nitrogen and oxygen atoms in total. The van der Waals surface area contributed by atoms with Crippen LogP contribution in [-0.2, 0) is 0 Å². The first-order valence-corrected chi connectivity index (χ1v) is 31.1. The first-order valence-electron chi connectivity index (χ1n) is 31.1. The molecule has 0 aliphatic heterocycles. The second-order valence-corrected chi connectivity index (χ2v) is 23.4. The van der Waals surface area contributed by atoms with Crippen molar-refractivity contribution in [2.75, 3.05) is 14.7 Å². The number of phenolic OH excluding ortho intramolecular Hbond substituents is 1. The highest BCUT2D eigenvalue weighted by molar-refractivity contribution is 6.00. The Kier molecular flexibility index (Phi) is 16.0. The van der Waals surface area contributed by atoms with E-state index in [1.807, 2.05) is 24.3 Å². The van der Waals surface area contributed by atoms with Crippen molar-refractivity contribution in [1.82, 2.24) is 0 Å². The van der Waals surface area contributed by atoms with Crippen molar-refractivity contribution >= 4 is 74.1 Å². The number of fused-ring (bicyclic) bond motifs is 1. The van der Waals surface area contributed by atoms with Crippen LogP contribution in [0.3, 0.4) is 0 Å². The van der Waals surface area contributed by atoms with Crippen LogP contribution in [0.25, 0.3) is 78.6 Å². The lowest BCUT2D eigenvalue weighted by atomic mass is 9.93. The zero-order chi connectivity index (χ0) is 61.6. The van der Waals surface area contributed by atoms with Gasteiger partial charge in [-0.25, -0.2) is 0 Å². The van der Waals surface area contributed by atoms with Gasteiger partial charge in [-0.2, -0.15) is 0 Å². The third-order valence-electron chi connectivity index (χ3n) is 17.1. The van der Waals surface area contributed by atoms with Gasteiger partial charge in [0.05, 0.1) is 0 Å². The Bertz CT molecular complexity index is 4720. The van der Waals surface area contributed by atoms with Crippen LogP contribution in [0, 0.1) is 20.8 Å². The predicted octanol–water partition coefficient (Wildman–Crippen LogP) is 24.4. The molecule has 0 saturated carbocycles. The van der Waals surface area contributed by atoms with Crippen molar-refractivity contribution in [3.05, 3.63) is 361 Å². The van der Waals surface area contributed by atoms with Gasteiger partial charge in [-0.1, -0.05) is 212 Å². The number of nitrogens with zero attached hydrogens (tertiary/aromatic N) is 3. The molecule has 0 atom stereocenters. The summed E-state index contributed by atoms with van der Waals surface area (Å²) in [7, 11) is 0. The van der Waals surface area contributed by atoms with Gasteiger partial charge in [0.25, 0.3) is 0 Å². The van der Waals surface area contributed by atoms with Crippen molar-refractivity contribution < 1.29 is 5.11 Å². The average Bonchev–Trinajstić information content (AvgIpc) is 1.27. The van der Waals surface area contributed by atoms with E-state index in [4.69, 9.17) is 0 Å². The molecule has 0 aromatic heterocycles. The van der Waals surface area contributed by atoms with Crippen LogP contribution < -0.4 is 14.7 Å². The molecule has 0 aliphatic carbocycles. The zero-order valence-corrected chi connectivity index (χ0v) is 51.2. The SMILES string of the molecule is Cc1cccc(N(c2ccccc2)c2ccc(-c3cc(-c4ccc(N(c5ccccc5)c5cccc(C)c5)cc4)cc(-c4ccc(N(c5ccc(-c6ccc(C=Cc7ccc(-c8ccc(O)c9ccccc89)cc7)cc6)cc5)c5cccc(C)c5)cc4)c3)cc2)c1. The van der Waals surface area contributed by atoms with E-state index < -0.39 is 0 Å². The first-order chi connectivity index (χ1) is 44.7. The van der Waals surface area contributed by atoms with Crippen molar-refractivity contribution in [2.24, 2.45) is 0 Å². The van der Waals surface area contributed by atoms with E-state index in [1.54, 1.807) is 6.07 Å². The van der Waals surface area contributed by atoms with Crippen molar-refractivity contribution in [2.45, 2.75) is 20.8 Å². The minimum absolute atomic E-state index is 0.299. The largest absolute Gasteiger partial charge is 0.507 e. The molecule has 436 valence electrons. The van der Waals surface area contributed by atoms with Gasteiger partial charge in [0.2, 0.25) is 0 Å². The number of phenols is 1. The minimum Gasteiger partial charge on any atom is -0.507 e. The Labute approximate surface area is 534 Å². The monoisotopic (exact) mass is 1170 g/mol. The van der Waals surface area contributed by atoms with Crippen LogP contribution >= 0.6 is 0 Å². The molecule has 0 amide bonds. The maximum atomic E-state index is 10.4. The fourth-order valence-electron chi connectivity index (χ4n) is 12.4. The van der Waals surface area contributed by atoms with Crippen molar-refractivity contribution in [3.63, 3.8) is 0 Å². The normalized spacial score (nSPS) is 11.2. The van der Waals surface area contributed by atoms with Crippen LogP contribution in [0.5, 0.6) is 5.75 Å². The Morgan fingerprint density at radius 2 is 0.505 bits per heavy atom. The van der Waals surface area contributed by atoms with E-state index in [9.17, 15) is 5.11 Å². The van der Waals surface area contributed by atoms with Crippen LogP contribution in [-0.4, -0.2) is 5.11 Å². The van der Waals surface area contributed by atoms with E-state index >= 15 is 0 Å². The Morgan fingerprint density at radius 1 is 0.220 bits per heavy atom. The lowest BCUT2D eigenvalue weighted by Crippen LogP contribution is -2.10. The minimum atomic E-state index is 0.299. The van der Waals surface area contributed by atoms with Gasteiger partial charge >= 0.3 is 0 Å². The van der Waals surface area contributed by atoms with E-state index in [1.165, 1.54) is 16.7 Å². The molecule has 0 aliphatic rings. The molecule has 1 N–H and O–H groups in total. The molecule has 91 heavy (non-hydrogen) atoms. The molecule has 14 aromatic carbocycles. The molecule has 0 saturated heterocycles. The molecule has 0 heterocycles. The summed E-state index contributed by atoms with van der Waals surface area (Å²) >= 11 is 0. The summed E-state index contributed by atoms with van der Waals surface area (Å²) in [5.41, 5.74) is 27.1. The molecular weight excluding hydrogens is 1100 g/mol. The lowest BCUT2D eigenvalue weighted by molar-refractivity contribution is 0.481. The fraction of sp³-hybridized carbons (Fsp3) is 0.0345. The maximum absolute atomic E-state index is 10.4. The Morgan fingerprint density at radius 3 is 0.857 bits per heavy atom. The van der Waals surface area contributed by atoms with Gasteiger partial charge in [0.1, 0.15) is 5.75 Å². The summed E-state index contributed by atoms with van der Waals surface area (Å²) in [6.45, 7) is 6.45. The highest BCUT2D eigenvalue weighted by Gasteiger charge is 2.19. The number of para-hydroxylation sites is 2. The maximum Gasteiger partial charge on any atom is 0.123 e. The van der Waals surface area contributed by atoms with Crippen molar-refractivity contribution in [3.8, 4) is 61.4 Å². The molecular formula is C87H67N3O. The third kappa shape index (κ3) is 12.4. The highest BCUT2D eigenvalue weighted by atomic mass is 16.3. The van der Waals surface area contributed by atoms with Gasteiger partial charge in [0.15, 0.2) is 0 Å². The molecule has 0 fully saturated rings. The van der Waals surface area contributed by atoms with E-state index in [0.717, 1.165) is 129 Å². The number of aryl methyl sites for hydroxylation is 3. The van der Waals surface area contributed by atoms with Gasteiger partial charge in [-0.3, -0.25) is 0 Å². The average molecular weight is 1170 g/mol. The van der Waals surface area contributed by atoms with Gasteiger partial charge in [-0.05, 0) is 243 Å². The Balaban J connectivity index is 0.763. The third-order valence-corrected chi connectivity index (χ3v) is 17.1. The van der Waals surface area contributed by atoms with Crippen LogP contribution in [0.4, 0.5) is 51.2 Å². The van der Waals surface area contributed by atoms with Crippen LogP contribution in [0.1, 0.15) is 27.8 Å². The smallest absolute Gasteiger partial charge is 0.123 e. The molecule has 0 radical (unpaired) electrons. The molecule has 14 rings (SSSR count). The summed E-state index contributed by atoms with van der Waals surface area (Å²) < 4.78 is 0. The molecule has 0 spiro atoms. The predicted molar refractivity (Wildman–Crippen MR) is 386 cm³/mol. The summed E-state index contributed by atoms with van der Waals surface area (Å²) in [5, 5.41) is 12.3. The van der Waals surface area contributed by atoms with E-state index in [2.05, 4.69) is 351 Å². The molecule has 0 unspecified atom stereocenters. The number of aromatic hydroxyl groups is 1. The first kappa shape index (κ1) is 57.0. The topological polar surface area (TPSA) is 30.0 Å². The number of rotatable bonds is 16. The lowest BCUT2D eigenvalue weighted by Gasteiger charge is -2.26. The fourth-order valence-corrected chi connectivity index (χ4v) is 12.4. The molecule has 4 heteroatoms. The summed E-state index contributed by atoms with van der Waals surface area (Å²) in [4.78, 5) is 7.01. The van der Waals surface area contributed by atoms with Crippen LogP contribution in [0.2, 0.25) is 0 Å². The second kappa shape index (κ2) is 25.5. The van der Waals surface area contributed by atoms with Gasteiger partial charge in [-0.15, -0.1) is 0 Å². The Hall–Kier alpha value is -11.7. The van der Waals surface area contributed by atoms with Crippen molar-refractivity contribution in [1.29, 1.82) is 0 Å². The zero-order valence-electron chi connectivity index (χ0n) is 51.2. The summed E-state index contributed by atoms with van der Waals surface area (Å²) in [6, 6.07) is 120. The number of anilines is 9. The molecule has 14 aromatic rings. The summed E-state index contributed by atoms with van der Waals surface area (Å²) in [5.74, 6) is 0.299. The van der Waals surface area contributed by atoms with Gasteiger partial charge in [0, 0.05) is 56.6 Å². The standard InChI is InChI=1S/C87H67N3O/c1-61-15-12-22-81(55-61)88(75-18-6-4-7-19-75)77-47-39-68(40-48-77)72-58-73(69-41-49-78(50-42-69)89(76-20-8-5-9-21-76)82-23-13-16-62(2)56-82)60-74(59-72)70-43-51-80(52-44-70)90(83-24-14-17-63(3)57-83)79-45-37-67(38-46-79)66-33-29-64(30-34-66)27-28-65-31-35-71(36-32-65)84-53-54-87(91)86-26-11-10-25-85(84)86/h4-60,91H,1-3H3. The number of hydrogen-bond acceptors (Lipinski definition) is 4. The quantitative estimate of drug-likeness (QED) is 0.0977. The highest BCUT2D eigenvalue weighted by Crippen LogP contribution is 2.43. The van der Waals surface area contributed by atoms with Crippen LogP contribution in [0.15, 0.2) is 334 Å². The number of hydrogen-bond donors (Lipinski definition) is 1. The second-order valence-electron chi connectivity index (χ2n) is 23.4. The molecule has 0 bridgehead atoms. The number of benzene rings is 14. The van der Waals surface area contributed by atoms with E-state index in [0.29, 0.717) is 5.75 Å². The van der Waals surface area contributed by atoms with E-state index in [-0.39, 0.29) is 0 Å². The summed E-state index contributed by atoms with van der Waals surface area (Å²) in [6.07, 6.45) is 4.32.